The molecule has 1 unspecified atom stereocenters. The highest BCUT2D eigenvalue weighted by Gasteiger charge is 2.35. The molecule has 0 aromatic heterocycles. The van der Waals surface area contributed by atoms with Gasteiger partial charge in [0, 0.05) is 11.5 Å². The summed E-state index contributed by atoms with van der Waals surface area (Å²) in [6.07, 6.45) is 3.18. The number of rotatable bonds is 4. The van der Waals surface area contributed by atoms with Gasteiger partial charge in [-0.25, -0.2) is 0 Å². The number of carbonyl (C=O) groups excluding carboxylic acids is 1. The molecule has 1 saturated carbocycles. The van der Waals surface area contributed by atoms with Crippen molar-refractivity contribution in [2.45, 2.75) is 52.5 Å². The third-order valence-corrected chi connectivity index (χ3v) is 3.37. The minimum atomic E-state index is -0.0142. The maximum Gasteiger partial charge on any atom is 0.223 e. The van der Waals surface area contributed by atoms with Crippen LogP contribution in [-0.2, 0) is 4.79 Å². The molecule has 1 rings (SSSR count). The van der Waals surface area contributed by atoms with Crippen LogP contribution in [0.1, 0.15) is 47.0 Å². The largest absolute Gasteiger partial charge is 0.350 e. The van der Waals surface area contributed by atoms with Crippen molar-refractivity contribution in [2.75, 3.05) is 0 Å². The quantitative estimate of drug-likeness (QED) is 0.712. The van der Waals surface area contributed by atoms with Crippen molar-refractivity contribution < 1.29 is 4.79 Å². The van der Waals surface area contributed by atoms with E-state index in [1.54, 1.807) is 0 Å². The molecular weight excluding hydrogens is 162 g/mol. The van der Waals surface area contributed by atoms with Crippen LogP contribution in [0.4, 0.5) is 0 Å². The number of hydrogen-bond acceptors (Lipinski definition) is 1. The molecule has 1 atom stereocenters. The zero-order valence-electron chi connectivity index (χ0n) is 9.18. The fourth-order valence-electron chi connectivity index (χ4n) is 1.37. The minimum Gasteiger partial charge on any atom is -0.350 e. The summed E-state index contributed by atoms with van der Waals surface area (Å²) in [5, 5.41) is 3.17. The molecule has 1 aliphatic rings. The molecule has 1 amide bonds. The Morgan fingerprint density at radius 1 is 1.54 bits per heavy atom. The van der Waals surface area contributed by atoms with Gasteiger partial charge in [-0.2, -0.15) is 0 Å². The molecule has 0 spiro atoms. The van der Waals surface area contributed by atoms with Crippen LogP contribution in [0.15, 0.2) is 0 Å². The lowest BCUT2D eigenvalue weighted by atomic mass is 9.86. The first-order chi connectivity index (χ1) is 5.99. The molecule has 0 saturated heterocycles. The highest BCUT2D eigenvalue weighted by molar-refractivity contribution is 5.81. The molecule has 13 heavy (non-hydrogen) atoms. The maximum atomic E-state index is 11.6. The van der Waals surface area contributed by atoms with E-state index in [1.165, 1.54) is 0 Å². The van der Waals surface area contributed by atoms with E-state index in [1.807, 2.05) is 0 Å². The number of nitrogens with one attached hydrogen (secondary N) is 1. The first kappa shape index (κ1) is 10.6. The molecule has 0 radical (unpaired) electrons. The minimum absolute atomic E-state index is 0.0142. The zero-order valence-corrected chi connectivity index (χ0v) is 9.18. The molecule has 1 aliphatic carbocycles. The van der Waals surface area contributed by atoms with Crippen molar-refractivity contribution in [1.82, 2.24) is 5.32 Å². The molecule has 2 nitrogen and oxygen atoms in total. The Kier molecular flexibility index (Phi) is 2.99. The number of hydrogen-bond donors (Lipinski definition) is 1. The molecule has 0 aromatic rings. The fraction of sp³-hybridized carbons (Fsp3) is 0.909. The SMILES string of the molecule is CCC(C)(NC(=O)C1CC1)C(C)C. The van der Waals surface area contributed by atoms with Crippen molar-refractivity contribution in [2.24, 2.45) is 11.8 Å². The third kappa shape index (κ3) is 2.45. The van der Waals surface area contributed by atoms with E-state index in [0.29, 0.717) is 11.8 Å². The van der Waals surface area contributed by atoms with Gasteiger partial charge in [0.05, 0.1) is 0 Å². The molecule has 1 N–H and O–H groups in total. The number of carbonyl (C=O) groups is 1. The lowest BCUT2D eigenvalue weighted by Gasteiger charge is -2.34. The molecule has 0 bridgehead atoms. The van der Waals surface area contributed by atoms with Crippen molar-refractivity contribution in [1.29, 1.82) is 0 Å². The van der Waals surface area contributed by atoms with Gasteiger partial charge in [-0.15, -0.1) is 0 Å². The van der Waals surface area contributed by atoms with E-state index in [2.05, 4.69) is 33.0 Å². The maximum absolute atomic E-state index is 11.6. The monoisotopic (exact) mass is 183 g/mol. The van der Waals surface area contributed by atoms with Crippen molar-refractivity contribution >= 4 is 5.91 Å². The standard InChI is InChI=1S/C11H21NO/c1-5-11(4,8(2)3)12-10(13)9-6-7-9/h8-9H,5-7H2,1-4H3,(H,12,13). The van der Waals surface area contributed by atoms with Gasteiger partial charge >= 0.3 is 0 Å². The second-order valence-corrected chi connectivity index (χ2v) is 4.69. The van der Waals surface area contributed by atoms with Gasteiger partial charge in [0.1, 0.15) is 0 Å². The summed E-state index contributed by atoms with van der Waals surface area (Å²) in [5.41, 5.74) is -0.0142. The van der Waals surface area contributed by atoms with Gasteiger partial charge in [0.25, 0.3) is 0 Å². The van der Waals surface area contributed by atoms with Crippen LogP contribution in [0.5, 0.6) is 0 Å². The Morgan fingerprint density at radius 3 is 2.38 bits per heavy atom. The van der Waals surface area contributed by atoms with E-state index < -0.39 is 0 Å². The van der Waals surface area contributed by atoms with Crippen LogP contribution in [0.3, 0.4) is 0 Å². The van der Waals surface area contributed by atoms with Crippen LogP contribution < -0.4 is 5.32 Å². The normalized spacial score (nSPS) is 21.3. The highest BCUT2D eigenvalue weighted by atomic mass is 16.2. The smallest absolute Gasteiger partial charge is 0.223 e. The summed E-state index contributed by atoms with van der Waals surface area (Å²) in [5.74, 6) is 1.09. The second-order valence-electron chi connectivity index (χ2n) is 4.69. The van der Waals surface area contributed by atoms with Gasteiger partial charge in [-0.3, -0.25) is 4.79 Å². The van der Waals surface area contributed by atoms with E-state index >= 15 is 0 Å². The van der Waals surface area contributed by atoms with E-state index in [-0.39, 0.29) is 11.4 Å². The second kappa shape index (κ2) is 3.69. The summed E-state index contributed by atoms with van der Waals surface area (Å²) in [7, 11) is 0. The lowest BCUT2D eigenvalue weighted by molar-refractivity contribution is -0.124. The first-order valence-electron chi connectivity index (χ1n) is 5.31. The van der Waals surface area contributed by atoms with Crippen LogP contribution in [0.2, 0.25) is 0 Å². The lowest BCUT2D eigenvalue weighted by Crippen LogP contribution is -2.50. The molecular formula is C11H21NO. The Balaban J connectivity index is 2.51. The molecule has 0 heterocycles. The summed E-state index contributed by atoms with van der Waals surface area (Å²) in [4.78, 5) is 11.6. The molecule has 0 aliphatic heterocycles. The average Bonchev–Trinajstić information content (AvgIpc) is 2.85. The third-order valence-electron chi connectivity index (χ3n) is 3.37. The van der Waals surface area contributed by atoms with E-state index in [0.717, 1.165) is 19.3 Å². The van der Waals surface area contributed by atoms with Crippen molar-refractivity contribution in [3.8, 4) is 0 Å². The first-order valence-corrected chi connectivity index (χ1v) is 5.31. The summed E-state index contributed by atoms with van der Waals surface area (Å²) >= 11 is 0. The van der Waals surface area contributed by atoms with E-state index in [9.17, 15) is 4.79 Å². The van der Waals surface area contributed by atoms with Gasteiger partial charge in [-0.05, 0) is 32.1 Å². The van der Waals surface area contributed by atoms with Gasteiger partial charge in [0.2, 0.25) is 5.91 Å². The van der Waals surface area contributed by atoms with Crippen LogP contribution in [-0.4, -0.2) is 11.4 Å². The Bertz CT molecular complexity index is 196. The Labute approximate surface area is 81.1 Å². The van der Waals surface area contributed by atoms with Crippen LogP contribution >= 0.6 is 0 Å². The van der Waals surface area contributed by atoms with Gasteiger partial charge in [-0.1, -0.05) is 20.8 Å². The van der Waals surface area contributed by atoms with Crippen molar-refractivity contribution in [3.63, 3.8) is 0 Å². The summed E-state index contributed by atoms with van der Waals surface area (Å²) < 4.78 is 0. The number of amides is 1. The van der Waals surface area contributed by atoms with Gasteiger partial charge < -0.3 is 5.32 Å². The predicted octanol–water partition coefficient (Wildman–Crippen LogP) is 2.34. The molecule has 1 fully saturated rings. The Hall–Kier alpha value is -0.530. The molecule has 76 valence electrons. The van der Waals surface area contributed by atoms with Gasteiger partial charge in [0.15, 0.2) is 0 Å². The van der Waals surface area contributed by atoms with Crippen molar-refractivity contribution in [3.05, 3.63) is 0 Å². The zero-order chi connectivity index (χ0) is 10.1. The topological polar surface area (TPSA) is 29.1 Å². The summed E-state index contributed by atoms with van der Waals surface area (Å²) in [6, 6.07) is 0. The Morgan fingerprint density at radius 2 is 2.08 bits per heavy atom. The van der Waals surface area contributed by atoms with Crippen LogP contribution in [0.25, 0.3) is 0 Å². The van der Waals surface area contributed by atoms with Crippen LogP contribution in [0, 0.1) is 11.8 Å². The molecule has 2 heteroatoms. The average molecular weight is 183 g/mol. The fourth-order valence-corrected chi connectivity index (χ4v) is 1.37. The highest BCUT2D eigenvalue weighted by Crippen LogP contribution is 2.31. The summed E-state index contributed by atoms with van der Waals surface area (Å²) in [6.45, 7) is 8.60. The predicted molar refractivity (Wildman–Crippen MR) is 54.4 cm³/mol. The van der Waals surface area contributed by atoms with E-state index in [4.69, 9.17) is 0 Å². The molecule has 0 aromatic carbocycles.